The van der Waals surface area contributed by atoms with E-state index >= 15 is 0 Å². The first kappa shape index (κ1) is 17.3. The van der Waals surface area contributed by atoms with Crippen LogP contribution in [0.15, 0.2) is 55.0 Å². The minimum Gasteiger partial charge on any atom is -0.497 e. The molecule has 0 radical (unpaired) electrons. The summed E-state index contributed by atoms with van der Waals surface area (Å²) in [4.78, 5) is 19.2. The van der Waals surface area contributed by atoms with Crippen LogP contribution in [0.4, 0.5) is 0 Å². The number of rotatable bonds is 5. The molecule has 6 nitrogen and oxygen atoms in total. The van der Waals surface area contributed by atoms with Gasteiger partial charge in [0.1, 0.15) is 5.75 Å². The molecular formula is C21H22N4O2. The van der Waals surface area contributed by atoms with Crippen LogP contribution in [0.25, 0.3) is 11.3 Å². The lowest BCUT2D eigenvalue weighted by atomic mass is 10.1. The Balaban J connectivity index is 1.57. The molecule has 0 spiro atoms. The molecule has 2 aromatic heterocycles. The summed E-state index contributed by atoms with van der Waals surface area (Å²) in [5.41, 5.74) is 3.31. The van der Waals surface area contributed by atoms with Gasteiger partial charge in [0.2, 0.25) is 0 Å². The van der Waals surface area contributed by atoms with E-state index in [1.165, 1.54) is 0 Å². The molecule has 0 unspecified atom stereocenters. The monoisotopic (exact) mass is 362 g/mol. The van der Waals surface area contributed by atoms with Crippen LogP contribution < -0.4 is 4.74 Å². The van der Waals surface area contributed by atoms with Gasteiger partial charge in [-0.3, -0.25) is 14.5 Å². The zero-order valence-electron chi connectivity index (χ0n) is 15.3. The number of hydrogen-bond donors (Lipinski definition) is 0. The first-order valence-corrected chi connectivity index (χ1v) is 9.14. The van der Waals surface area contributed by atoms with E-state index in [1.54, 1.807) is 19.5 Å². The smallest absolute Gasteiger partial charge is 0.256 e. The maximum atomic E-state index is 12.8. The second kappa shape index (κ2) is 7.61. The predicted molar refractivity (Wildman–Crippen MR) is 103 cm³/mol. The van der Waals surface area contributed by atoms with E-state index in [0.717, 1.165) is 42.8 Å². The van der Waals surface area contributed by atoms with Gasteiger partial charge in [-0.1, -0.05) is 12.1 Å². The molecule has 0 saturated carbocycles. The lowest BCUT2D eigenvalue weighted by Gasteiger charge is -2.16. The van der Waals surface area contributed by atoms with E-state index in [2.05, 4.69) is 10.1 Å². The van der Waals surface area contributed by atoms with Crippen molar-refractivity contribution in [2.24, 2.45) is 0 Å². The van der Waals surface area contributed by atoms with Gasteiger partial charge in [0.15, 0.2) is 0 Å². The molecule has 1 aliphatic heterocycles. The van der Waals surface area contributed by atoms with E-state index in [0.29, 0.717) is 17.8 Å². The van der Waals surface area contributed by atoms with Crippen molar-refractivity contribution in [3.05, 3.63) is 66.1 Å². The van der Waals surface area contributed by atoms with Gasteiger partial charge in [0.25, 0.3) is 5.91 Å². The fraction of sp³-hybridized carbons (Fsp3) is 0.286. The molecule has 0 N–H and O–H groups in total. The molecule has 1 saturated heterocycles. The van der Waals surface area contributed by atoms with Gasteiger partial charge in [-0.05, 0) is 42.7 Å². The second-order valence-electron chi connectivity index (χ2n) is 6.67. The van der Waals surface area contributed by atoms with Crippen LogP contribution in [0.3, 0.4) is 0 Å². The van der Waals surface area contributed by atoms with Crippen LogP contribution >= 0.6 is 0 Å². The normalized spacial score (nSPS) is 13.7. The molecule has 0 bridgehead atoms. The van der Waals surface area contributed by atoms with Crippen molar-refractivity contribution in [2.75, 3.05) is 20.2 Å². The molecule has 1 fully saturated rings. The van der Waals surface area contributed by atoms with Gasteiger partial charge in [0, 0.05) is 31.0 Å². The number of carbonyl (C=O) groups excluding carboxylic acids is 1. The number of pyridine rings is 1. The summed E-state index contributed by atoms with van der Waals surface area (Å²) in [7, 11) is 1.66. The van der Waals surface area contributed by atoms with E-state index < -0.39 is 0 Å². The largest absolute Gasteiger partial charge is 0.497 e. The number of aromatic nitrogens is 3. The van der Waals surface area contributed by atoms with Crippen LogP contribution in [-0.2, 0) is 6.54 Å². The van der Waals surface area contributed by atoms with Crippen molar-refractivity contribution in [1.82, 2.24) is 19.7 Å². The van der Waals surface area contributed by atoms with Gasteiger partial charge >= 0.3 is 0 Å². The molecule has 1 amide bonds. The fourth-order valence-electron chi connectivity index (χ4n) is 3.39. The number of carbonyl (C=O) groups is 1. The third-order valence-corrected chi connectivity index (χ3v) is 4.84. The van der Waals surface area contributed by atoms with Gasteiger partial charge in [-0.2, -0.15) is 5.10 Å². The van der Waals surface area contributed by atoms with Crippen molar-refractivity contribution in [1.29, 1.82) is 0 Å². The summed E-state index contributed by atoms with van der Waals surface area (Å²) in [6, 6.07) is 11.6. The highest BCUT2D eigenvalue weighted by molar-refractivity contribution is 5.99. The zero-order valence-corrected chi connectivity index (χ0v) is 15.3. The molecule has 3 aromatic rings. The zero-order chi connectivity index (χ0) is 18.6. The lowest BCUT2D eigenvalue weighted by Crippen LogP contribution is -2.28. The topological polar surface area (TPSA) is 60.3 Å². The summed E-state index contributed by atoms with van der Waals surface area (Å²) < 4.78 is 7.05. The molecule has 3 heterocycles. The molecule has 4 rings (SSSR count). The van der Waals surface area contributed by atoms with E-state index in [1.807, 2.05) is 52.2 Å². The van der Waals surface area contributed by atoms with Crippen molar-refractivity contribution in [3.8, 4) is 17.0 Å². The number of methoxy groups -OCH3 is 1. The maximum Gasteiger partial charge on any atom is 0.256 e. The van der Waals surface area contributed by atoms with Crippen molar-refractivity contribution in [3.63, 3.8) is 0 Å². The van der Waals surface area contributed by atoms with E-state index in [4.69, 9.17) is 4.74 Å². The quantitative estimate of drug-likeness (QED) is 0.699. The highest BCUT2D eigenvalue weighted by Gasteiger charge is 2.23. The minimum absolute atomic E-state index is 0.0542. The average molecular weight is 362 g/mol. The summed E-state index contributed by atoms with van der Waals surface area (Å²) in [6.45, 7) is 2.29. The van der Waals surface area contributed by atoms with E-state index in [-0.39, 0.29) is 5.91 Å². The van der Waals surface area contributed by atoms with Gasteiger partial charge in [-0.25, -0.2) is 0 Å². The Morgan fingerprint density at radius 1 is 1.15 bits per heavy atom. The Kier molecular flexibility index (Phi) is 4.87. The summed E-state index contributed by atoms with van der Waals surface area (Å²) in [5, 5.41) is 4.45. The Morgan fingerprint density at radius 2 is 1.93 bits per heavy atom. The van der Waals surface area contributed by atoms with Crippen LogP contribution in [-0.4, -0.2) is 45.8 Å². The van der Waals surface area contributed by atoms with Crippen molar-refractivity contribution in [2.45, 2.75) is 19.4 Å². The standard InChI is InChI=1S/C21H22N4O2/c1-27-18-8-6-16(7-9-18)14-25-15-17(13-23-25)20-19(5-4-10-22-20)21(26)24-11-2-3-12-24/h4-10,13,15H,2-3,11-12,14H2,1H3. The summed E-state index contributed by atoms with van der Waals surface area (Å²) in [6.07, 6.45) is 7.57. The Labute approximate surface area is 158 Å². The Hall–Kier alpha value is -3.15. The molecular weight excluding hydrogens is 340 g/mol. The number of amides is 1. The van der Waals surface area contributed by atoms with Crippen LogP contribution in [0.5, 0.6) is 5.75 Å². The number of likely N-dealkylation sites (tertiary alicyclic amines) is 1. The molecule has 0 atom stereocenters. The third-order valence-electron chi connectivity index (χ3n) is 4.84. The van der Waals surface area contributed by atoms with E-state index in [9.17, 15) is 4.79 Å². The third kappa shape index (κ3) is 3.69. The Bertz CT molecular complexity index is 927. The highest BCUT2D eigenvalue weighted by atomic mass is 16.5. The Morgan fingerprint density at radius 3 is 2.67 bits per heavy atom. The SMILES string of the molecule is COc1ccc(Cn2cc(-c3ncccc3C(=O)N3CCCC3)cn2)cc1. The van der Waals surface area contributed by atoms with Gasteiger partial charge in [-0.15, -0.1) is 0 Å². The molecule has 1 aromatic carbocycles. The highest BCUT2D eigenvalue weighted by Crippen LogP contribution is 2.24. The maximum absolute atomic E-state index is 12.8. The van der Waals surface area contributed by atoms with Crippen molar-refractivity contribution >= 4 is 5.91 Å². The van der Waals surface area contributed by atoms with Crippen molar-refractivity contribution < 1.29 is 9.53 Å². The average Bonchev–Trinajstić information content (AvgIpc) is 3.40. The lowest BCUT2D eigenvalue weighted by molar-refractivity contribution is 0.0793. The van der Waals surface area contributed by atoms with Gasteiger partial charge in [0.05, 0.1) is 31.1 Å². The number of hydrogen-bond acceptors (Lipinski definition) is 4. The van der Waals surface area contributed by atoms with Gasteiger partial charge < -0.3 is 9.64 Å². The number of nitrogens with zero attached hydrogens (tertiary/aromatic N) is 4. The predicted octanol–water partition coefficient (Wildman–Crippen LogP) is 3.24. The summed E-state index contributed by atoms with van der Waals surface area (Å²) >= 11 is 0. The second-order valence-corrected chi connectivity index (χ2v) is 6.67. The molecule has 0 aliphatic carbocycles. The first-order valence-electron chi connectivity index (χ1n) is 9.14. The first-order chi connectivity index (χ1) is 13.2. The molecule has 6 heteroatoms. The fourth-order valence-corrected chi connectivity index (χ4v) is 3.39. The number of ether oxygens (including phenoxy) is 1. The molecule has 1 aliphatic rings. The number of benzene rings is 1. The van der Waals surface area contributed by atoms with Crippen LogP contribution in [0, 0.1) is 0 Å². The molecule has 138 valence electrons. The minimum atomic E-state index is 0.0542. The van der Waals surface area contributed by atoms with Crippen LogP contribution in [0.2, 0.25) is 0 Å². The molecule has 27 heavy (non-hydrogen) atoms. The summed E-state index contributed by atoms with van der Waals surface area (Å²) in [5.74, 6) is 0.886. The van der Waals surface area contributed by atoms with Crippen LogP contribution in [0.1, 0.15) is 28.8 Å².